The van der Waals surface area contributed by atoms with E-state index < -0.39 is 18.1 Å². The lowest BCUT2D eigenvalue weighted by molar-refractivity contribution is -0.138. The van der Waals surface area contributed by atoms with Gasteiger partial charge >= 0.3 is 5.97 Å². The molecule has 0 atom stereocenters. The first-order valence-electron chi connectivity index (χ1n) is 6.70. The highest BCUT2D eigenvalue weighted by Gasteiger charge is 2.19. The summed E-state index contributed by atoms with van der Waals surface area (Å²) in [6.45, 7) is 9.59. The monoisotopic (exact) mass is 282 g/mol. The lowest BCUT2D eigenvalue weighted by atomic mass is 10.1. The molecule has 20 heavy (non-hydrogen) atoms. The van der Waals surface area contributed by atoms with E-state index in [0.29, 0.717) is 29.5 Å². The maximum Gasteiger partial charge on any atom is 0.325 e. The fraction of sp³-hybridized carbons (Fsp3) is 0.643. The van der Waals surface area contributed by atoms with Gasteiger partial charge in [0.05, 0.1) is 12.2 Å². The summed E-state index contributed by atoms with van der Waals surface area (Å²) in [5.41, 5.74) is 0.602. The fourth-order valence-electron chi connectivity index (χ4n) is 1.75. The molecule has 0 radical (unpaired) electrons. The Bertz CT molecular complexity index is 547. The van der Waals surface area contributed by atoms with Gasteiger partial charge in [-0.1, -0.05) is 27.7 Å². The highest BCUT2D eigenvalue weighted by atomic mass is 16.5. The van der Waals surface area contributed by atoms with E-state index in [1.807, 2.05) is 27.7 Å². The van der Waals surface area contributed by atoms with E-state index in [-0.39, 0.29) is 5.92 Å². The van der Waals surface area contributed by atoms with Crippen LogP contribution in [0.5, 0.6) is 5.75 Å². The lowest BCUT2D eigenvalue weighted by Crippen LogP contribution is -2.30. The molecule has 0 aliphatic rings. The van der Waals surface area contributed by atoms with Gasteiger partial charge in [-0.05, 0) is 12.8 Å². The van der Waals surface area contributed by atoms with Crippen LogP contribution < -0.4 is 10.3 Å². The molecule has 0 saturated heterocycles. The van der Waals surface area contributed by atoms with E-state index in [4.69, 9.17) is 9.84 Å². The standard InChI is InChI=1S/C14H22N2O4/c1-8(2)7-20-13-10(5)14(19)16(6-11(17)18)15-12(13)9(3)4/h8-9H,6-7H2,1-5H3,(H,17,18). The van der Waals surface area contributed by atoms with Crippen molar-refractivity contribution < 1.29 is 14.6 Å². The van der Waals surface area contributed by atoms with Gasteiger partial charge in [-0.25, -0.2) is 4.68 Å². The molecule has 1 N–H and O–H groups in total. The van der Waals surface area contributed by atoms with Gasteiger partial charge in [-0.2, -0.15) is 5.10 Å². The van der Waals surface area contributed by atoms with E-state index in [1.165, 1.54) is 0 Å². The molecule has 0 aliphatic carbocycles. The van der Waals surface area contributed by atoms with Gasteiger partial charge in [0.2, 0.25) is 0 Å². The minimum Gasteiger partial charge on any atom is -0.491 e. The van der Waals surface area contributed by atoms with Gasteiger partial charge < -0.3 is 9.84 Å². The quantitative estimate of drug-likeness (QED) is 0.860. The third-order valence-electron chi connectivity index (χ3n) is 2.75. The average molecular weight is 282 g/mol. The van der Waals surface area contributed by atoms with Crippen LogP contribution in [0.4, 0.5) is 0 Å². The molecular formula is C14H22N2O4. The van der Waals surface area contributed by atoms with Gasteiger partial charge in [0.15, 0.2) is 5.75 Å². The Hall–Kier alpha value is -1.85. The molecule has 0 fully saturated rings. The molecule has 1 rings (SSSR count). The van der Waals surface area contributed by atoms with Crippen molar-refractivity contribution in [2.24, 2.45) is 5.92 Å². The van der Waals surface area contributed by atoms with Crippen LogP contribution >= 0.6 is 0 Å². The first-order chi connectivity index (χ1) is 9.23. The van der Waals surface area contributed by atoms with Crippen LogP contribution in [0.15, 0.2) is 4.79 Å². The van der Waals surface area contributed by atoms with Crippen molar-refractivity contribution in [3.05, 3.63) is 21.6 Å². The summed E-state index contributed by atoms with van der Waals surface area (Å²) in [6, 6.07) is 0. The smallest absolute Gasteiger partial charge is 0.325 e. The highest BCUT2D eigenvalue weighted by Crippen LogP contribution is 2.26. The minimum atomic E-state index is -1.09. The zero-order chi connectivity index (χ0) is 15.4. The van der Waals surface area contributed by atoms with Crippen molar-refractivity contribution in [2.45, 2.75) is 47.1 Å². The molecule has 6 heteroatoms. The largest absolute Gasteiger partial charge is 0.491 e. The maximum atomic E-state index is 12.1. The van der Waals surface area contributed by atoms with Crippen LogP contribution in [0.1, 0.15) is 44.9 Å². The van der Waals surface area contributed by atoms with Gasteiger partial charge in [-0.15, -0.1) is 0 Å². The van der Waals surface area contributed by atoms with Gasteiger partial charge in [-0.3, -0.25) is 9.59 Å². The Balaban J connectivity index is 3.32. The molecular weight excluding hydrogens is 260 g/mol. The van der Waals surface area contributed by atoms with E-state index in [0.717, 1.165) is 4.68 Å². The summed E-state index contributed by atoms with van der Waals surface area (Å²) in [7, 11) is 0. The number of carboxylic acid groups (broad SMARTS) is 1. The van der Waals surface area contributed by atoms with Crippen LogP contribution in [0, 0.1) is 12.8 Å². The molecule has 1 heterocycles. The Morgan fingerprint density at radius 1 is 1.35 bits per heavy atom. The number of aromatic nitrogens is 2. The molecule has 0 spiro atoms. The van der Waals surface area contributed by atoms with Crippen LogP contribution in [-0.2, 0) is 11.3 Å². The summed E-state index contributed by atoms with van der Waals surface area (Å²) in [5, 5.41) is 13.0. The molecule has 0 saturated carbocycles. The van der Waals surface area contributed by atoms with Gasteiger partial charge in [0.1, 0.15) is 12.2 Å². The summed E-state index contributed by atoms with van der Waals surface area (Å²) in [5.74, 6) is -0.239. The Morgan fingerprint density at radius 3 is 2.40 bits per heavy atom. The molecule has 1 aromatic rings. The minimum absolute atomic E-state index is 0.0384. The average Bonchev–Trinajstić information content (AvgIpc) is 2.32. The second-order valence-electron chi connectivity index (χ2n) is 5.56. The molecule has 0 amide bonds. The summed E-state index contributed by atoms with van der Waals surface area (Å²) in [6.07, 6.45) is 0. The predicted molar refractivity (Wildman–Crippen MR) is 75.3 cm³/mol. The van der Waals surface area contributed by atoms with Crippen molar-refractivity contribution >= 4 is 5.97 Å². The predicted octanol–water partition coefficient (Wildman–Crippen LogP) is 1.79. The molecule has 1 aromatic heterocycles. The fourth-order valence-corrected chi connectivity index (χ4v) is 1.75. The van der Waals surface area contributed by atoms with E-state index >= 15 is 0 Å². The van der Waals surface area contributed by atoms with Crippen LogP contribution in [0.3, 0.4) is 0 Å². The Labute approximate surface area is 118 Å². The number of carboxylic acids is 1. The zero-order valence-corrected chi connectivity index (χ0v) is 12.6. The second-order valence-corrected chi connectivity index (χ2v) is 5.56. The number of hydrogen-bond acceptors (Lipinski definition) is 4. The van der Waals surface area contributed by atoms with Crippen LogP contribution in [-0.4, -0.2) is 27.5 Å². The number of hydrogen-bond donors (Lipinski definition) is 1. The molecule has 0 aliphatic heterocycles. The number of carbonyl (C=O) groups is 1. The van der Waals surface area contributed by atoms with Crippen molar-refractivity contribution in [1.29, 1.82) is 0 Å². The van der Waals surface area contributed by atoms with Crippen molar-refractivity contribution in [1.82, 2.24) is 9.78 Å². The molecule has 0 unspecified atom stereocenters. The molecule has 112 valence electrons. The number of aliphatic carboxylic acids is 1. The second kappa shape index (κ2) is 6.54. The third kappa shape index (κ3) is 3.82. The number of rotatable bonds is 6. The molecule has 0 bridgehead atoms. The van der Waals surface area contributed by atoms with E-state index in [1.54, 1.807) is 6.92 Å². The van der Waals surface area contributed by atoms with Crippen molar-refractivity contribution in [2.75, 3.05) is 6.61 Å². The van der Waals surface area contributed by atoms with Crippen LogP contribution in [0.25, 0.3) is 0 Å². The number of nitrogens with zero attached hydrogens (tertiary/aromatic N) is 2. The summed E-state index contributed by atoms with van der Waals surface area (Å²) in [4.78, 5) is 22.9. The maximum absolute atomic E-state index is 12.1. The van der Waals surface area contributed by atoms with E-state index in [9.17, 15) is 9.59 Å². The van der Waals surface area contributed by atoms with Gasteiger partial charge in [0, 0.05) is 5.92 Å². The number of ether oxygens (including phenoxy) is 1. The highest BCUT2D eigenvalue weighted by molar-refractivity contribution is 5.66. The molecule has 0 aromatic carbocycles. The third-order valence-corrected chi connectivity index (χ3v) is 2.75. The first-order valence-corrected chi connectivity index (χ1v) is 6.70. The zero-order valence-electron chi connectivity index (χ0n) is 12.6. The van der Waals surface area contributed by atoms with E-state index in [2.05, 4.69) is 5.10 Å². The normalized spacial score (nSPS) is 11.2. The lowest BCUT2D eigenvalue weighted by Gasteiger charge is -2.18. The van der Waals surface area contributed by atoms with Gasteiger partial charge in [0.25, 0.3) is 5.56 Å². The van der Waals surface area contributed by atoms with Crippen molar-refractivity contribution in [3.63, 3.8) is 0 Å². The summed E-state index contributed by atoms with van der Waals surface area (Å²) >= 11 is 0. The first kappa shape index (κ1) is 16.2. The van der Waals surface area contributed by atoms with Crippen molar-refractivity contribution in [3.8, 4) is 5.75 Å². The topological polar surface area (TPSA) is 81.4 Å². The Kier molecular flexibility index (Phi) is 5.30. The SMILES string of the molecule is Cc1c(OCC(C)C)c(C(C)C)nn(CC(=O)O)c1=O. The summed E-state index contributed by atoms with van der Waals surface area (Å²) < 4.78 is 6.69. The molecule has 6 nitrogen and oxygen atoms in total. The van der Waals surface area contributed by atoms with Crippen LogP contribution in [0.2, 0.25) is 0 Å². The Morgan fingerprint density at radius 2 is 1.95 bits per heavy atom.